The van der Waals surface area contributed by atoms with Gasteiger partial charge in [0.2, 0.25) is 0 Å². The fourth-order valence-corrected chi connectivity index (χ4v) is 3.21. The van der Waals surface area contributed by atoms with Crippen molar-refractivity contribution in [1.29, 1.82) is 0 Å². The minimum Gasteiger partial charge on any atom is -0.391 e. The second-order valence-electron chi connectivity index (χ2n) is 7.39. The molecule has 27 heavy (non-hydrogen) atoms. The van der Waals surface area contributed by atoms with E-state index >= 15 is 0 Å². The Balaban J connectivity index is 3.06. The van der Waals surface area contributed by atoms with Crippen molar-refractivity contribution in [2.24, 2.45) is 11.8 Å². The molecule has 3 atom stereocenters. The van der Waals surface area contributed by atoms with E-state index in [0.717, 1.165) is 30.2 Å². The van der Waals surface area contributed by atoms with Gasteiger partial charge >= 0.3 is 0 Å². The molecule has 0 aromatic heterocycles. The number of nitrogens with one attached hydrogen (secondary N) is 1. The molecule has 0 aliphatic carbocycles. The van der Waals surface area contributed by atoms with E-state index < -0.39 is 6.10 Å². The summed E-state index contributed by atoms with van der Waals surface area (Å²) in [5.41, 5.74) is 2.93. The number of aliphatic hydroxyl groups is 1. The van der Waals surface area contributed by atoms with Crippen molar-refractivity contribution in [2.45, 2.75) is 45.8 Å². The van der Waals surface area contributed by atoms with Gasteiger partial charge in [-0.25, -0.2) is 0 Å². The molecule has 0 heterocycles. The van der Waals surface area contributed by atoms with Crippen LogP contribution in [0.15, 0.2) is 24.8 Å². The normalized spacial score (nSPS) is 14.3. The third-order valence-corrected chi connectivity index (χ3v) is 5.22. The SMILES string of the molecule is C=C(N[C@@H](CC(C)C)C(O)CC(C)C=O)c1cc(C=O)cc(N(C)SC)c1. The zero-order valence-electron chi connectivity index (χ0n) is 16.9. The molecule has 0 bridgehead atoms. The van der Waals surface area contributed by atoms with E-state index in [1.165, 1.54) is 0 Å². The van der Waals surface area contributed by atoms with E-state index in [4.69, 9.17) is 0 Å². The lowest BCUT2D eigenvalue weighted by atomic mass is 9.93. The van der Waals surface area contributed by atoms with Crippen LogP contribution in [0.4, 0.5) is 5.69 Å². The first kappa shape index (κ1) is 23.2. The Bertz CT molecular complexity index is 648. The first-order chi connectivity index (χ1) is 12.7. The van der Waals surface area contributed by atoms with Crippen molar-refractivity contribution in [2.75, 3.05) is 17.6 Å². The van der Waals surface area contributed by atoms with Crippen molar-refractivity contribution in [3.63, 3.8) is 0 Å². The van der Waals surface area contributed by atoms with Crippen LogP contribution in [-0.2, 0) is 4.79 Å². The van der Waals surface area contributed by atoms with Crippen molar-refractivity contribution in [3.05, 3.63) is 35.9 Å². The Kier molecular flexibility index (Phi) is 9.60. The molecule has 0 saturated carbocycles. The molecule has 6 heteroatoms. The van der Waals surface area contributed by atoms with Crippen molar-refractivity contribution >= 4 is 35.9 Å². The number of hydrogen-bond donors (Lipinski definition) is 2. The van der Waals surface area contributed by atoms with Crippen LogP contribution in [0.5, 0.6) is 0 Å². The summed E-state index contributed by atoms with van der Waals surface area (Å²) in [5, 5.41) is 13.9. The summed E-state index contributed by atoms with van der Waals surface area (Å²) in [6.45, 7) is 10.1. The van der Waals surface area contributed by atoms with Gasteiger partial charge in [0.1, 0.15) is 12.6 Å². The molecule has 0 aliphatic heterocycles. The van der Waals surface area contributed by atoms with Crippen LogP contribution in [0.25, 0.3) is 5.70 Å². The summed E-state index contributed by atoms with van der Waals surface area (Å²) in [7, 11) is 1.93. The van der Waals surface area contributed by atoms with Crippen molar-refractivity contribution in [1.82, 2.24) is 5.32 Å². The van der Waals surface area contributed by atoms with Gasteiger partial charge in [-0.1, -0.05) is 39.3 Å². The summed E-state index contributed by atoms with van der Waals surface area (Å²) < 4.78 is 1.97. The second-order valence-corrected chi connectivity index (χ2v) is 8.30. The minimum atomic E-state index is -0.660. The summed E-state index contributed by atoms with van der Waals surface area (Å²) >= 11 is 1.55. The first-order valence-electron chi connectivity index (χ1n) is 9.19. The van der Waals surface area contributed by atoms with Crippen LogP contribution in [0.2, 0.25) is 0 Å². The Morgan fingerprint density at radius 3 is 2.44 bits per heavy atom. The lowest BCUT2D eigenvalue weighted by Crippen LogP contribution is -2.40. The van der Waals surface area contributed by atoms with E-state index in [-0.39, 0.29) is 12.0 Å². The number of anilines is 1. The minimum absolute atomic E-state index is 0.204. The number of hydrogen-bond acceptors (Lipinski definition) is 6. The van der Waals surface area contributed by atoms with Crippen LogP contribution < -0.4 is 9.62 Å². The maximum absolute atomic E-state index is 11.3. The largest absolute Gasteiger partial charge is 0.391 e. The highest BCUT2D eigenvalue weighted by Crippen LogP contribution is 2.25. The van der Waals surface area contributed by atoms with Crippen LogP contribution in [0, 0.1) is 11.8 Å². The highest BCUT2D eigenvalue weighted by molar-refractivity contribution is 7.99. The topological polar surface area (TPSA) is 69.6 Å². The molecule has 0 fully saturated rings. The number of carbonyl (C=O) groups is 2. The van der Waals surface area contributed by atoms with E-state index in [2.05, 4.69) is 25.7 Å². The zero-order valence-corrected chi connectivity index (χ0v) is 17.8. The molecule has 0 radical (unpaired) electrons. The van der Waals surface area contributed by atoms with Crippen molar-refractivity contribution < 1.29 is 14.7 Å². The van der Waals surface area contributed by atoms with Crippen molar-refractivity contribution in [3.8, 4) is 0 Å². The highest BCUT2D eigenvalue weighted by atomic mass is 32.2. The number of rotatable bonds is 12. The third kappa shape index (κ3) is 7.39. The molecule has 0 aliphatic rings. The molecule has 150 valence electrons. The van der Waals surface area contributed by atoms with E-state index in [1.807, 2.05) is 29.7 Å². The molecular formula is C21H32N2O3S. The van der Waals surface area contributed by atoms with Gasteiger partial charge in [-0.05, 0) is 42.5 Å². The molecule has 0 amide bonds. The van der Waals surface area contributed by atoms with Crippen LogP contribution >= 0.6 is 11.9 Å². The molecule has 2 unspecified atom stereocenters. The van der Waals surface area contributed by atoms with Gasteiger partial charge in [0.25, 0.3) is 0 Å². The molecule has 0 spiro atoms. The maximum atomic E-state index is 11.3. The summed E-state index contributed by atoms with van der Waals surface area (Å²) in [6, 6.07) is 5.35. The highest BCUT2D eigenvalue weighted by Gasteiger charge is 2.23. The zero-order chi connectivity index (χ0) is 20.6. The lowest BCUT2D eigenvalue weighted by molar-refractivity contribution is -0.111. The quantitative estimate of drug-likeness (QED) is 0.417. The number of aliphatic hydroxyl groups excluding tert-OH is 1. The van der Waals surface area contributed by atoms with Gasteiger partial charge in [-0.3, -0.25) is 4.79 Å². The first-order valence-corrected chi connectivity index (χ1v) is 10.4. The van der Waals surface area contributed by atoms with E-state index in [0.29, 0.717) is 23.6 Å². The summed E-state index contributed by atoms with van der Waals surface area (Å²) in [6.07, 6.45) is 4.13. The fraction of sp³-hybridized carbons (Fsp3) is 0.524. The molecule has 0 saturated heterocycles. The molecular weight excluding hydrogens is 360 g/mol. The smallest absolute Gasteiger partial charge is 0.150 e. The molecule has 1 aromatic rings. The van der Waals surface area contributed by atoms with Gasteiger partial charge in [-0.15, -0.1) is 0 Å². The lowest BCUT2D eigenvalue weighted by Gasteiger charge is -2.29. The average molecular weight is 393 g/mol. The van der Waals surface area contributed by atoms with Gasteiger partial charge in [0.15, 0.2) is 0 Å². The predicted octanol–water partition coefficient (Wildman–Crippen LogP) is 3.77. The van der Waals surface area contributed by atoms with E-state index in [9.17, 15) is 14.7 Å². The molecule has 1 rings (SSSR count). The average Bonchev–Trinajstić information content (AvgIpc) is 2.65. The molecule has 5 nitrogen and oxygen atoms in total. The Morgan fingerprint density at radius 1 is 1.26 bits per heavy atom. The van der Waals surface area contributed by atoms with Gasteiger partial charge in [-0.2, -0.15) is 0 Å². The fourth-order valence-electron chi connectivity index (χ4n) is 2.89. The Labute approximate surface area is 167 Å². The summed E-state index contributed by atoms with van der Waals surface area (Å²) in [4.78, 5) is 22.3. The number of carbonyl (C=O) groups excluding carboxylic acids is 2. The standard InChI is InChI=1S/C21H32N2O3S/c1-14(2)7-20(21(26)8-15(3)12-24)22-16(4)18-9-17(13-25)10-19(11-18)23(5)27-6/h9-15,20-22,26H,4,7-8H2,1-3,5-6H3/t15?,20-,21?/m0/s1. The number of benzene rings is 1. The van der Waals surface area contributed by atoms with Gasteiger partial charge < -0.3 is 19.5 Å². The van der Waals surface area contributed by atoms with E-state index in [1.54, 1.807) is 24.9 Å². The Morgan fingerprint density at radius 2 is 1.93 bits per heavy atom. The maximum Gasteiger partial charge on any atom is 0.150 e. The van der Waals surface area contributed by atoms with Crippen LogP contribution in [0.1, 0.15) is 49.5 Å². The molecule has 1 aromatic carbocycles. The Hall–Kier alpha value is -1.79. The number of nitrogens with zero attached hydrogens (tertiary/aromatic N) is 1. The monoisotopic (exact) mass is 392 g/mol. The van der Waals surface area contributed by atoms with Gasteiger partial charge in [0, 0.05) is 36.2 Å². The van der Waals surface area contributed by atoms with Gasteiger partial charge in [0.05, 0.1) is 12.1 Å². The third-order valence-electron chi connectivity index (χ3n) is 4.46. The second kappa shape index (κ2) is 11.1. The molecule has 2 N–H and O–H groups in total. The van der Waals surface area contributed by atoms with Crippen LogP contribution in [-0.4, -0.2) is 43.1 Å². The van der Waals surface area contributed by atoms with Crippen LogP contribution in [0.3, 0.4) is 0 Å². The number of aldehydes is 2. The summed E-state index contributed by atoms with van der Waals surface area (Å²) in [5.74, 6) is 0.168. The predicted molar refractivity (Wildman–Crippen MR) is 115 cm³/mol.